The molecule has 1 fully saturated rings. The zero-order valence-electron chi connectivity index (χ0n) is 13.8. The number of amides is 1. The van der Waals surface area contributed by atoms with E-state index in [1.165, 1.54) is 0 Å². The van der Waals surface area contributed by atoms with Gasteiger partial charge in [0.25, 0.3) is 0 Å². The fourth-order valence-electron chi connectivity index (χ4n) is 2.40. The van der Waals surface area contributed by atoms with Crippen molar-refractivity contribution in [3.05, 3.63) is 29.8 Å². The molecule has 1 amide bonds. The number of carbonyl (C=O) groups excluding carboxylic acids is 1. The Bertz CT molecular complexity index is 635. The maximum absolute atomic E-state index is 12.6. The van der Waals surface area contributed by atoms with Crippen LogP contribution in [0.1, 0.15) is 19.4 Å². The Hall–Kier alpha value is -1.44. The van der Waals surface area contributed by atoms with E-state index in [1.54, 1.807) is 29.2 Å². The molecule has 2 rings (SSSR count). The second-order valence-electron chi connectivity index (χ2n) is 6.09. The summed E-state index contributed by atoms with van der Waals surface area (Å²) in [7, 11) is -3.73. The number of morpholine rings is 1. The van der Waals surface area contributed by atoms with Crippen molar-refractivity contribution in [2.24, 2.45) is 5.92 Å². The third kappa shape index (κ3) is 4.53. The van der Waals surface area contributed by atoms with Crippen LogP contribution in [-0.4, -0.2) is 51.6 Å². The van der Waals surface area contributed by atoms with Crippen LogP contribution in [0.25, 0.3) is 0 Å². The molecular formula is C16H24N2O4S. The van der Waals surface area contributed by atoms with Crippen LogP contribution in [0.5, 0.6) is 0 Å². The highest BCUT2D eigenvalue weighted by Crippen LogP contribution is 2.15. The average molecular weight is 340 g/mol. The van der Waals surface area contributed by atoms with Gasteiger partial charge < -0.3 is 9.64 Å². The maximum atomic E-state index is 12.6. The molecule has 6 nitrogen and oxygen atoms in total. The molecule has 1 N–H and O–H groups in total. The van der Waals surface area contributed by atoms with E-state index in [-0.39, 0.29) is 16.7 Å². The summed E-state index contributed by atoms with van der Waals surface area (Å²) < 4.78 is 32.9. The number of nitrogens with one attached hydrogen (secondary N) is 1. The molecule has 1 aromatic rings. The molecule has 1 saturated heterocycles. The van der Waals surface area contributed by atoms with Crippen LogP contribution >= 0.6 is 0 Å². The minimum Gasteiger partial charge on any atom is -0.378 e. The molecule has 1 aliphatic heterocycles. The van der Waals surface area contributed by atoms with Crippen LogP contribution in [0.2, 0.25) is 0 Å². The van der Waals surface area contributed by atoms with Gasteiger partial charge in [-0.1, -0.05) is 31.5 Å². The molecule has 0 spiro atoms. The first kappa shape index (κ1) is 17.9. The van der Waals surface area contributed by atoms with Crippen molar-refractivity contribution in [3.63, 3.8) is 0 Å². The molecular weight excluding hydrogens is 316 g/mol. The molecule has 0 saturated carbocycles. The number of nitrogens with zero attached hydrogens (tertiary/aromatic N) is 1. The van der Waals surface area contributed by atoms with Gasteiger partial charge in [0, 0.05) is 13.1 Å². The molecule has 0 aromatic heterocycles. The van der Waals surface area contributed by atoms with Gasteiger partial charge in [-0.2, -0.15) is 4.72 Å². The van der Waals surface area contributed by atoms with Crippen molar-refractivity contribution in [1.82, 2.24) is 9.62 Å². The second-order valence-corrected chi connectivity index (χ2v) is 7.81. The van der Waals surface area contributed by atoms with Crippen molar-refractivity contribution in [3.8, 4) is 0 Å². The Morgan fingerprint density at radius 2 is 1.74 bits per heavy atom. The van der Waals surface area contributed by atoms with E-state index in [0.29, 0.717) is 26.3 Å². The lowest BCUT2D eigenvalue weighted by molar-refractivity contribution is -0.138. The van der Waals surface area contributed by atoms with Gasteiger partial charge in [0.2, 0.25) is 15.9 Å². The third-order valence-electron chi connectivity index (χ3n) is 3.87. The lowest BCUT2D eigenvalue weighted by Gasteiger charge is -2.32. The fourth-order valence-corrected chi connectivity index (χ4v) is 3.74. The molecule has 1 atom stereocenters. The molecule has 1 aliphatic rings. The van der Waals surface area contributed by atoms with Gasteiger partial charge in [-0.3, -0.25) is 4.79 Å². The standard InChI is InChI=1S/C16H24N2O4S/c1-12(2)15(16(19)18-8-10-22-11-9-18)17-23(20,21)14-6-4-13(3)5-7-14/h4-7,12,15,17H,8-11H2,1-3H3. The van der Waals surface area contributed by atoms with E-state index in [1.807, 2.05) is 20.8 Å². The van der Waals surface area contributed by atoms with Crippen molar-refractivity contribution < 1.29 is 17.9 Å². The summed E-state index contributed by atoms with van der Waals surface area (Å²) in [5.41, 5.74) is 0.980. The Kier molecular flexibility index (Phi) is 5.78. The molecule has 0 radical (unpaired) electrons. The Labute approximate surface area is 137 Å². The van der Waals surface area contributed by atoms with Gasteiger partial charge in [-0.05, 0) is 25.0 Å². The first-order valence-electron chi connectivity index (χ1n) is 7.77. The maximum Gasteiger partial charge on any atom is 0.241 e. The van der Waals surface area contributed by atoms with Crippen molar-refractivity contribution in [1.29, 1.82) is 0 Å². The highest BCUT2D eigenvalue weighted by atomic mass is 32.2. The molecule has 1 unspecified atom stereocenters. The molecule has 1 heterocycles. The van der Waals surface area contributed by atoms with Gasteiger partial charge in [0.15, 0.2) is 0 Å². The summed E-state index contributed by atoms with van der Waals surface area (Å²) in [6.07, 6.45) is 0. The van der Waals surface area contributed by atoms with Crippen LogP contribution in [0.3, 0.4) is 0 Å². The summed E-state index contributed by atoms with van der Waals surface area (Å²) in [5.74, 6) is -0.343. The Balaban J connectivity index is 2.17. The Morgan fingerprint density at radius 3 is 2.26 bits per heavy atom. The quantitative estimate of drug-likeness (QED) is 0.873. The van der Waals surface area contributed by atoms with Crippen LogP contribution in [0, 0.1) is 12.8 Å². The van der Waals surface area contributed by atoms with Gasteiger partial charge in [-0.25, -0.2) is 8.42 Å². The third-order valence-corrected chi connectivity index (χ3v) is 5.33. The second kappa shape index (κ2) is 7.42. The number of sulfonamides is 1. The number of hydrogen-bond donors (Lipinski definition) is 1. The SMILES string of the molecule is Cc1ccc(S(=O)(=O)NC(C(=O)N2CCOCC2)C(C)C)cc1. The largest absolute Gasteiger partial charge is 0.378 e. The van der Waals surface area contributed by atoms with Crippen LogP contribution in [-0.2, 0) is 19.6 Å². The van der Waals surface area contributed by atoms with Gasteiger partial charge in [0.1, 0.15) is 6.04 Å². The van der Waals surface area contributed by atoms with Crippen LogP contribution in [0.4, 0.5) is 0 Å². The molecule has 0 bridgehead atoms. The predicted molar refractivity (Wildman–Crippen MR) is 87.5 cm³/mol. The number of ether oxygens (including phenoxy) is 1. The van der Waals surface area contributed by atoms with E-state index in [4.69, 9.17) is 4.74 Å². The molecule has 23 heavy (non-hydrogen) atoms. The topological polar surface area (TPSA) is 75.7 Å². The first-order valence-corrected chi connectivity index (χ1v) is 9.25. The summed E-state index contributed by atoms with van der Waals surface area (Å²) in [4.78, 5) is 14.5. The van der Waals surface area contributed by atoms with Crippen LogP contribution < -0.4 is 4.72 Å². The summed E-state index contributed by atoms with van der Waals surface area (Å²) in [6.45, 7) is 7.52. The van der Waals surface area contributed by atoms with E-state index in [0.717, 1.165) is 5.56 Å². The predicted octanol–water partition coefficient (Wildman–Crippen LogP) is 1.16. The highest BCUT2D eigenvalue weighted by molar-refractivity contribution is 7.89. The zero-order chi connectivity index (χ0) is 17.0. The number of carbonyl (C=O) groups is 1. The van der Waals surface area contributed by atoms with E-state index >= 15 is 0 Å². The van der Waals surface area contributed by atoms with Crippen molar-refractivity contribution in [2.45, 2.75) is 31.7 Å². The lowest BCUT2D eigenvalue weighted by atomic mass is 10.0. The van der Waals surface area contributed by atoms with Gasteiger partial charge >= 0.3 is 0 Å². The monoisotopic (exact) mass is 340 g/mol. The highest BCUT2D eigenvalue weighted by Gasteiger charge is 2.32. The molecule has 128 valence electrons. The molecule has 7 heteroatoms. The van der Waals surface area contributed by atoms with E-state index in [9.17, 15) is 13.2 Å². The van der Waals surface area contributed by atoms with E-state index < -0.39 is 16.1 Å². The summed E-state index contributed by atoms with van der Waals surface area (Å²) in [5, 5.41) is 0. The van der Waals surface area contributed by atoms with Crippen molar-refractivity contribution in [2.75, 3.05) is 26.3 Å². The fraction of sp³-hybridized carbons (Fsp3) is 0.562. The average Bonchev–Trinajstić information content (AvgIpc) is 2.53. The number of hydrogen-bond acceptors (Lipinski definition) is 4. The normalized spacial score (nSPS) is 17.3. The summed E-state index contributed by atoms with van der Waals surface area (Å²) in [6, 6.07) is 5.80. The van der Waals surface area contributed by atoms with Gasteiger partial charge in [-0.15, -0.1) is 0 Å². The zero-order valence-corrected chi connectivity index (χ0v) is 14.6. The smallest absolute Gasteiger partial charge is 0.241 e. The molecule has 1 aromatic carbocycles. The van der Waals surface area contributed by atoms with E-state index in [2.05, 4.69) is 4.72 Å². The number of benzene rings is 1. The minimum atomic E-state index is -3.73. The van der Waals surface area contributed by atoms with Gasteiger partial charge in [0.05, 0.1) is 18.1 Å². The number of rotatable bonds is 5. The van der Waals surface area contributed by atoms with Crippen LogP contribution in [0.15, 0.2) is 29.2 Å². The summed E-state index contributed by atoms with van der Waals surface area (Å²) >= 11 is 0. The first-order chi connectivity index (χ1) is 10.8. The minimum absolute atomic E-state index is 0.148. The lowest BCUT2D eigenvalue weighted by Crippen LogP contribution is -2.53. The molecule has 0 aliphatic carbocycles. The Morgan fingerprint density at radius 1 is 1.17 bits per heavy atom. The number of aryl methyl sites for hydroxylation is 1. The van der Waals surface area contributed by atoms with Crippen molar-refractivity contribution >= 4 is 15.9 Å².